The highest BCUT2D eigenvalue weighted by Crippen LogP contribution is 2.24. The van der Waals surface area contributed by atoms with Crippen LogP contribution < -0.4 is 10.6 Å². The Bertz CT molecular complexity index is 891. The van der Waals surface area contributed by atoms with Crippen molar-refractivity contribution in [1.82, 2.24) is 10.6 Å². The lowest BCUT2D eigenvalue weighted by molar-refractivity contribution is -0.123. The van der Waals surface area contributed by atoms with Gasteiger partial charge in [-0.05, 0) is 42.6 Å². The van der Waals surface area contributed by atoms with Gasteiger partial charge in [-0.15, -0.1) is 0 Å². The Morgan fingerprint density at radius 2 is 1.83 bits per heavy atom. The summed E-state index contributed by atoms with van der Waals surface area (Å²) in [5.74, 6) is -1.59. The molecule has 2 aromatic rings. The van der Waals surface area contributed by atoms with Crippen LogP contribution in [0, 0.1) is 0 Å². The largest absolute Gasteiger partial charge is 0.478 e. The first kappa shape index (κ1) is 15.6. The van der Waals surface area contributed by atoms with Gasteiger partial charge in [0.1, 0.15) is 17.1 Å². The van der Waals surface area contributed by atoms with Gasteiger partial charge in [0.05, 0.1) is 5.56 Å². The van der Waals surface area contributed by atoms with Gasteiger partial charge in [0.15, 0.2) is 5.11 Å². The van der Waals surface area contributed by atoms with E-state index in [-0.39, 0.29) is 22.0 Å². The van der Waals surface area contributed by atoms with E-state index in [1.165, 1.54) is 18.2 Å². The molecule has 7 nitrogen and oxygen atoms in total. The van der Waals surface area contributed by atoms with E-state index in [4.69, 9.17) is 21.7 Å². The van der Waals surface area contributed by atoms with Crippen LogP contribution in [0.15, 0.2) is 46.4 Å². The van der Waals surface area contributed by atoms with E-state index < -0.39 is 17.8 Å². The molecule has 1 aromatic carbocycles. The van der Waals surface area contributed by atoms with Gasteiger partial charge in [-0.1, -0.05) is 12.1 Å². The Morgan fingerprint density at radius 3 is 2.50 bits per heavy atom. The summed E-state index contributed by atoms with van der Waals surface area (Å²) in [6, 6.07) is 9.43. The van der Waals surface area contributed by atoms with Crippen molar-refractivity contribution in [3.8, 4) is 11.3 Å². The number of amides is 2. The molecule has 0 bridgehead atoms. The number of carbonyl (C=O) groups excluding carboxylic acids is 2. The molecule has 0 aliphatic carbocycles. The van der Waals surface area contributed by atoms with Gasteiger partial charge < -0.3 is 9.52 Å². The van der Waals surface area contributed by atoms with Crippen LogP contribution >= 0.6 is 12.2 Å². The number of carboxylic acids is 1. The van der Waals surface area contributed by atoms with E-state index in [2.05, 4.69) is 10.6 Å². The Balaban J connectivity index is 1.91. The van der Waals surface area contributed by atoms with Crippen LogP contribution in [0.5, 0.6) is 0 Å². The van der Waals surface area contributed by atoms with Crippen LogP contribution in [-0.2, 0) is 9.59 Å². The van der Waals surface area contributed by atoms with Gasteiger partial charge in [-0.2, -0.15) is 0 Å². The third kappa shape index (κ3) is 3.08. The van der Waals surface area contributed by atoms with Gasteiger partial charge in [0, 0.05) is 5.56 Å². The molecule has 0 unspecified atom stereocenters. The number of carboxylic acid groups (broad SMARTS) is 1. The van der Waals surface area contributed by atoms with E-state index in [0.29, 0.717) is 11.3 Å². The zero-order valence-electron chi connectivity index (χ0n) is 12.0. The number of thiocarbonyl (C=S) groups is 1. The minimum atomic E-state index is -1.04. The summed E-state index contributed by atoms with van der Waals surface area (Å²) < 4.78 is 5.57. The van der Waals surface area contributed by atoms with Gasteiger partial charge >= 0.3 is 5.97 Å². The van der Waals surface area contributed by atoms with Gasteiger partial charge in [-0.25, -0.2) is 4.79 Å². The lowest BCUT2D eigenvalue weighted by atomic mass is 10.1. The highest BCUT2D eigenvalue weighted by Gasteiger charge is 2.26. The van der Waals surface area contributed by atoms with Crippen LogP contribution in [0.4, 0.5) is 0 Å². The van der Waals surface area contributed by atoms with Crippen molar-refractivity contribution < 1.29 is 23.9 Å². The first-order valence-electron chi connectivity index (χ1n) is 6.76. The Morgan fingerprint density at radius 1 is 1.12 bits per heavy atom. The highest BCUT2D eigenvalue weighted by atomic mass is 32.1. The summed E-state index contributed by atoms with van der Waals surface area (Å²) in [6.07, 6.45) is 1.29. The SMILES string of the molecule is O=C1NC(=S)NC(=O)C1=Cc1ccc(-c2cccc(C(=O)O)c2)o1. The van der Waals surface area contributed by atoms with Gasteiger partial charge in [0.2, 0.25) is 0 Å². The van der Waals surface area contributed by atoms with E-state index in [1.807, 2.05) is 0 Å². The summed E-state index contributed by atoms with van der Waals surface area (Å²) in [5, 5.41) is 13.6. The molecule has 0 saturated carbocycles. The topological polar surface area (TPSA) is 109 Å². The summed E-state index contributed by atoms with van der Waals surface area (Å²) in [5.41, 5.74) is 0.561. The molecule has 3 rings (SSSR count). The fraction of sp³-hybridized carbons (Fsp3) is 0. The van der Waals surface area contributed by atoms with Gasteiger partial charge in [-0.3, -0.25) is 20.2 Å². The molecule has 24 heavy (non-hydrogen) atoms. The number of benzene rings is 1. The second-order valence-electron chi connectivity index (χ2n) is 4.88. The quantitative estimate of drug-likeness (QED) is 0.444. The highest BCUT2D eigenvalue weighted by molar-refractivity contribution is 7.80. The Hall–Kier alpha value is -3.26. The first-order chi connectivity index (χ1) is 11.4. The van der Waals surface area contributed by atoms with Crippen LogP contribution in [0.3, 0.4) is 0 Å². The number of nitrogens with one attached hydrogen (secondary N) is 2. The normalized spacial score (nSPS) is 14.2. The molecule has 2 amide bonds. The second-order valence-corrected chi connectivity index (χ2v) is 5.29. The lowest BCUT2D eigenvalue weighted by Gasteiger charge is -2.15. The maximum atomic E-state index is 11.8. The van der Waals surface area contributed by atoms with Crippen molar-refractivity contribution in [3.05, 3.63) is 53.3 Å². The van der Waals surface area contributed by atoms with Crippen molar-refractivity contribution in [2.75, 3.05) is 0 Å². The predicted octanol–water partition coefficient (Wildman–Crippen LogP) is 1.56. The second kappa shape index (κ2) is 6.09. The first-order valence-corrected chi connectivity index (χ1v) is 7.17. The average Bonchev–Trinajstić information content (AvgIpc) is 2.99. The summed E-state index contributed by atoms with van der Waals surface area (Å²) in [4.78, 5) is 34.6. The molecular formula is C16H10N2O5S. The average molecular weight is 342 g/mol. The van der Waals surface area contributed by atoms with Crippen LogP contribution in [0.25, 0.3) is 17.4 Å². The number of rotatable bonds is 3. The molecule has 0 radical (unpaired) electrons. The third-order valence-corrected chi connectivity index (χ3v) is 3.45. The predicted molar refractivity (Wildman–Crippen MR) is 88.0 cm³/mol. The molecule has 8 heteroatoms. The molecule has 1 saturated heterocycles. The summed E-state index contributed by atoms with van der Waals surface area (Å²) in [7, 11) is 0. The number of furan rings is 1. The molecule has 1 aliphatic rings. The van der Waals surface area contributed by atoms with E-state index in [1.54, 1.807) is 24.3 Å². The van der Waals surface area contributed by atoms with Crippen LogP contribution in [-0.4, -0.2) is 28.0 Å². The van der Waals surface area contributed by atoms with E-state index in [0.717, 1.165) is 0 Å². The van der Waals surface area contributed by atoms with E-state index in [9.17, 15) is 14.4 Å². The van der Waals surface area contributed by atoms with Crippen molar-refractivity contribution in [2.24, 2.45) is 0 Å². The van der Waals surface area contributed by atoms with Crippen LogP contribution in [0.1, 0.15) is 16.1 Å². The number of aromatic carboxylic acids is 1. The fourth-order valence-corrected chi connectivity index (χ4v) is 2.33. The molecule has 0 atom stereocenters. The maximum Gasteiger partial charge on any atom is 0.335 e. The van der Waals surface area contributed by atoms with Crippen molar-refractivity contribution in [3.63, 3.8) is 0 Å². The number of carbonyl (C=O) groups is 3. The molecule has 3 N–H and O–H groups in total. The smallest absolute Gasteiger partial charge is 0.335 e. The van der Waals surface area contributed by atoms with E-state index >= 15 is 0 Å². The monoisotopic (exact) mass is 342 g/mol. The molecular weight excluding hydrogens is 332 g/mol. The zero-order chi connectivity index (χ0) is 17.3. The fourth-order valence-electron chi connectivity index (χ4n) is 2.14. The molecule has 0 spiro atoms. The van der Waals surface area contributed by atoms with Crippen LogP contribution in [0.2, 0.25) is 0 Å². The molecule has 120 valence electrons. The molecule has 2 heterocycles. The Labute approximate surface area is 141 Å². The van der Waals surface area contributed by atoms with Crippen molar-refractivity contribution in [2.45, 2.75) is 0 Å². The summed E-state index contributed by atoms with van der Waals surface area (Å²) in [6.45, 7) is 0. The summed E-state index contributed by atoms with van der Waals surface area (Å²) >= 11 is 4.72. The third-order valence-electron chi connectivity index (χ3n) is 3.25. The number of hydrogen-bond acceptors (Lipinski definition) is 5. The zero-order valence-corrected chi connectivity index (χ0v) is 12.8. The molecule has 1 aromatic heterocycles. The van der Waals surface area contributed by atoms with Gasteiger partial charge in [0.25, 0.3) is 11.8 Å². The minimum Gasteiger partial charge on any atom is -0.478 e. The standard InChI is InChI=1S/C16H10N2O5S/c19-13-11(14(20)18-16(24)17-13)7-10-4-5-12(23-10)8-2-1-3-9(6-8)15(21)22/h1-7H,(H,21,22)(H2,17,18,19,20,24). The van der Waals surface area contributed by atoms with Crippen molar-refractivity contribution in [1.29, 1.82) is 0 Å². The molecule has 1 fully saturated rings. The minimum absolute atomic E-state index is 0.0484. The van der Waals surface area contributed by atoms with Crippen molar-refractivity contribution >= 4 is 41.2 Å². The lowest BCUT2D eigenvalue weighted by Crippen LogP contribution is -2.51. The molecule has 1 aliphatic heterocycles. The maximum absolute atomic E-state index is 11.8. The Kier molecular flexibility index (Phi) is 3.97. The number of hydrogen-bond donors (Lipinski definition) is 3.